The molecular formula is C14H12FNO2S2. The molecule has 0 radical (unpaired) electrons. The number of thioether (sulfide) groups is 1. The Kier molecular flexibility index (Phi) is 4.57. The van der Waals surface area contributed by atoms with Crippen LogP contribution in [0.5, 0.6) is 5.75 Å². The van der Waals surface area contributed by atoms with Crippen molar-refractivity contribution in [2.75, 3.05) is 13.7 Å². The number of rotatable bonds is 4. The van der Waals surface area contributed by atoms with Gasteiger partial charge in [0.15, 0.2) is 11.6 Å². The molecule has 6 heteroatoms. The summed E-state index contributed by atoms with van der Waals surface area (Å²) >= 11 is 6.33. The SMILES string of the molecule is C=CCN1C(=O)/C(=C/c2ccc(OC)c(F)c2)SC1=S. The van der Waals surface area contributed by atoms with Crippen molar-refractivity contribution in [3.63, 3.8) is 0 Å². The second-order valence-electron chi connectivity index (χ2n) is 3.97. The van der Waals surface area contributed by atoms with Crippen LogP contribution in [0.2, 0.25) is 0 Å². The van der Waals surface area contributed by atoms with Gasteiger partial charge >= 0.3 is 0 Å². The third-order valence-electron chi connectivity index (χ3n) is 2.66. The largest absolute Gasteiger partial charge is 0.494 e. The summed E-state index contributed by atoms with van der Waals surface area (Å²) in [5, 5.41) is 0. The van der Waals surface area contributed by atoms with Crippen LogP contribution in [0.1, 0.15) is 5.56 Å². The molecule has 3 nitrogen and oxygen atoms in total. The molecule has 1 amide bonds. The maximum Gasteiger partial charge on any atom is 0.266 e. The zero-order valence-corrected chi connectivity index (χ0v) is 12.4. The third kappa shape index (κ3) is 2.91. The van der Waals surface area contributed by atoms with Gasteiger partial charge in [0.05, 0.1) is 12.0 Å². The summed E-state index contributed by atoms with van der Waals surface area (Å²) in [5.74, 6) is -0.486. The molecule has 1 aromatic rings. The first kappa shape index (κ1) is 14.7. The zero-order valence-electron chi connectivity index (χ0n) is 10.8. The van der Waals surface area contributed by atoms with E-state index in [-0.39, 0.29) is 11.7 Å². The molecule has 0 bridgehead atoms. The summed E-state index contributed by atoms with van der Waals surface area (Å²) in [5.41, 5.74) is 0.586. The van der Waals surface area contributed by atoms with Crippen molar-refractivity contribution in [1.29, 1.82) is 0 Å². The first-order valence-corrected chi connectivity index (χ1v) is 6.99. The van der Waals surface area contributed by atoms with Gasteiger partial charge in [-0.3, -0.25) is 9.69 Å². The van der Waals surface area contributed by atoms with Gasteiger partial charge in [-0.05, 0) is 23.8 Å². The Morgan fingerprint density at radius 1 is 1.55 bits per heavy atom. The van der Waals surface area contributed by atoms with Crippen LogP contribution >= 0.6 is 24.0 Å². The highest BCUT2D eigenvalue weighted by Gasteiger charge is 2.30. The monoisotopic (exact) mass is 309 g/mol. The molecule has 1 fully saturated rings. The van der Waals surface area contributed by atoms with Crippen LogP contribution in [-0.2, 0) is 4.79 Å². The number of amides is 1. The highest BCUT2D eigenvalue weighted by Crippen LogP contribution is 2.32. The standard InChI is InChI=1S/C14H12FNO2S2/c1-3-6-16-13(17)12(20-14(16)19)8-9-4-5-11(18-2)10(15)7-9/h3-5,7-8H,1,6H2,2H3/b12-8-. The number of hydrogen-bond acceptors (Lipinski definition) is 4. The lowest BCUT2D eigenvalue weighted by atomic mass is 10.2. The number of ether oxygens (including phenoxy) is 1. The summed E-state index contributed by atoms with van der Waals surface area (Å²) in [6, 6.07) is 4.52. The molecule has 1 aliphatic heterocycles. The van der Waals surface area contributed by atoms with Crippen LogP contribution < -0.4 is 4.74 Å². The summed E-state index contributed by atoms with van der Waals surface area (Å²) in [6.45, 7) is 3.96. The highest BCUT2D eigenvalue weighted by atomic mass is 32.2. The fourth-order valence-electron chi connectivity index (χ4n) is 1.71. The predicted molar refractivity (Wildman–Crippen MR) is 83.0 cm³/mol. The van der Waals surface area contributed by atoms with Gasteiger partial charge in [0.1, 0.15) is 4.32 Å². The first-order chi connectivity index (χ1) is 9.56. The van der Waals surface area contributed by atoms with Crippen molar-refractivity contribution < 1.29 is 13.9 Å². The average molecular weight is 309 g/mol. The molecule has 0 unspecified atom stereocenters. The minimum atomic E-state index is -0.470. The zero-order chi connectivity index (χ0) is 14.7. The molecule has 104 valence electrons. The van der Waals surface area contributed by atoms with Gasteiger partial charge in [0, 0.05) is 6.54 Å². The molecule has 2 rings (SSSR count). The van der Waals surface area contributed by atoms with Gasteiger partial charge < -0.3 is 4.74 Å². The predicted octanol–water partition coefficient (Wildman–Crippen LogP) is 3.22. The highest BCUT2D eigenvalue weighted by molar-refractivity contribution is 8.26. The van der Waals surface area contributed by atoms with Crippen molar-refractivity contribution >= 4 is 40.3 Å². The molecular weight excluding hydrogens is 297 g/mol. The lowest BCUT2D eigenvalue weighted by Gasteiger charge is -2.10. The molecule has 0 atom stereocenters. The van der Waals surface area contributed by atoms with E-state index >= 15 is 0 Å². The minimum absolute atomic E-state index is 0.168. The lowest BCUT2D eigenvalue weighted by Crippen LogP contribution is -2.27. The molecule has 1 heterocycles. The number of nitrogens with zero attached hydrogens (tertiary/aromatic N) is 1. The fourth-order valence-corrected chi connectivity index (χ4v) is 2.99. The molecule has 1 saturated heterocycles. The average Bonchev–Trinajstić information content (AvgIpc) is 2.67. The number of hydrogen-bond donors (Lipinski definition) is 0. The van der Waals surface area contributed by atoms with Crippen molar-refractivity contribution in [3.8, 4) is 5.75 Å². The van der Waals surface area contributed by atoms with E-state index in [1.165, 1.54) is 35.9 Å². The summed E-state index contributed by atoms with van der Waals surface area (Å²) in [6.07, 6.45) is 3.23. The second kappa shape index (κ2) is 6.19. The summed E-state index contributed by atoms with van der Waals surface area (Å²) < 4.78 is 18.9. The number of carbonyl (C=O) groups is 1. The lowest BCUT2D eigenvalue weighted by molar-refractivity contribution is -0.121. The van der Waals surface area contributed by atoms with Gasteiger partial charge in [-0.15, -0.1) is 6.58 Å². The normalized spacial score (nSPS) is 16.9. The van der Waals surface area contributed by atoms with E-state index in [1.807, 2.05) is 0 Å². The second-order valence-corrected chi connectivity index (χ2v) is 5.65. The van der Waals surface area contributed by atoms with Gasteiger partial charge in [-0.2, -0.15) is 0 Å². The van der Waals surface area contributed by atoms with Crippen LogP contribution in [0.25, 0.3) is 6.08 Å². The van der Waals surface area contributed by atoms with Crippen molar-refractivity contribution in [3.05, 3.63) is 47.1 Å². The van der Waals surface area contributed by atoms with Crippen molar-refractivity contribution in [2.45, 2.75) is 0 Å². The fraction of sp³-hybridized carbons (Fsp3) is 0.143. The maximum atomic E-state index is 13.6. The van der Waals surface area contributed by atoms with Crippen LogP contribution in [0.3, 0.4) is 0 Å². The van der Waals surface area contributed by atoms with Crippen molar-refractivity contribution in [1.82, 2.24) is 4.90 Å². The molecule has 20 heavy (non-hydrogen) atoms. The van der Waals surface area contributed by atoms with E-state index in [4.69, 9.17) is 17.0 Å². The van der Waals surface area contributed by atoms with Gasteiger partial charge in [-0.1, -0.05) is 36.1 Å². The first-order valence-electron chi connectivity index (χ1n) is 5.76. The van der Waals surface area contributed by atoms with Crippen molar-refractivity contribution in [2.24, 2.45) is 0 Å². The van der Waals surface area contributed by atoms with Crippen LogP contribution in [0.15, 0.2) is 35.8 Å². The molecule has 0 saturated carbocycles. The number of methoxy groups -OCH3 is 1. The summed E-state index contributed by atoms with van der Waals surface area (Å²) in [7, 11) is 1.40. The number of thiocarbonyl (C=S) groups is 1. The quantitative estimate of drug-likeness (QED) is 0.485. The Morgan fingerprint density at radius 3 is 2.90 bits per heavy atom. The Hall–Kier alpha value is -1.66. The van der Waals surface area contributed by atoms with Crippen LogP contribution in [0.4, 0.5) is 4.39 Å². The van der Waals surface area contributed by atoms with Crippen LogP contribution in [-0.4, -0.2) is 28.8 Å². The topological polar surface area (TPSA) is 29.5 Å². The molecule has 0 aromatic heterocycles. The Balaban J connectivity index is 2.28. The van der Waals surface area contributed by atoms with E-state index in [2.05, 4.69) is 6.58 Å². The Bertz CT molecular complexity index is 613. The smallest absolute Gasteiger partial charge is 0.266 e. The van der Waals surface area contributed by atoms with E-state index in [1.54, 1.807) is 18.2 Å². The van der Waals surface area contributed by atoms with E-state index in [0.717, 1.165) is 0 Å². The molecule has 0 aliphatic carbocycles. The van der Waals surface area contributed by atoms with Gasteiger partial charge in [-0.25, -0.2) is 4.39 Å². The number of carbonyl (C=O) groups excluding carboxylic acids is 1. The number of halogens is 1. The van der Waals surface area contributed by atoms with Gasteiger partial charge in [0.25, 0.3) is 5.91 Å². The van der Waals surface area contributed by atoms with Crippen LogP contribution in [0, 0.1) is 5.82 Å². The summed E-state index contributed by atoms with van der Waals surface area (Å²) in [4.78, 5) is 14.0. The third-order valence-corrected chi connectivity index (χ3v) is 4.04. The van der Waals surface area contributed by atoms with E-state index < -0.39 is 5.82 Å². The molecule has 1 aliphatic rings. The maximum absolute atomic E-state index is 13.6. The van der Waals surface area contributed by atoms with Gasteiger partial charge in [0.2, 0.25) is 0 Å². The van der Waals surface area contributed by atoms with E-state index in [0.29, 0.717) is 21.3 Å². The minimum Gasteiger partial charge on any atom is -0.494 e. The molecule has 0 N–H and O–H groups in total. The number of benzene rings is 1. The van der Waals surface area contributed by atoms with E-state index in [9.17, 15) is 9.18 Å². The molecule has 1 aromatic carbocycles. The Morgan fingerprint density at radius 2 is 2.30 bits per heavy atom. The Labute approximate surface area is 126 Å². The molecule has 0 spiro atoms.